The second kappa shape index (κ2) is 9.61. The van der Waals surface area contributed by atoms with Gasteiger partial charge in [-0.3, -0.25) is 4.79 Å². The first-order valence-electron chi connectivity index (χ1n) is 11.5. The number of anilines is 1. The first kappa shape index (κ1) is 22.8. The van der Waals surface area contributed by atoms with Crippen LogP contribution in [0.2, 0.25) is 0 Å². The number of piperazine rings is 1. The quantitative estimate of drug-likeness (QED) is 0.580. The van der Waals surface area contributed by atoms with Crippen molar-refractivity contribution in [3.63, 3.8) is 0 Å². The Morgan fingerprint density at radius 1 is 0.879 bits per heavy atom. The van der Waals surface area contributed by atoms with E-state index in [1.165, 1.54) is 11.1 Å². The van der Waals surface area contributed by atoms with Gasteiger partial charge in [-0.2, -0.15) is 0 Å². The number of carbonyl (C=O) groups is 1. The van der Waals surface area contributed by atoms with Gasteiger partial charge < -0.3 is 14.5 Å². The maximum absolute atomic E-state index is 12.9. The molecule has 1 saturated heterocycles. The molecule has 6 nitrogen and oxygen atoms in total. The molecule has 0 bridgehead atoms. The van der Waals surface area contributed by atoms with Crippen LogP contribution in [0.15, 0.2) is 48.5 Å². The van der Waals surface area contributed by atoms with Crippen LogP contribution in [-0.4, -0.2) is 53.3 Å². The predicted octanol–water partition coefficient (Wildman–Crippen LogP) is 4.49. The summed E-state index contributed by atoms with van der Waals surface area (Å²) >= 11 is 0. The molecule has 1 amide bonds. The molecule has 0 spiro atoms. The Labute approximate surface area is 196 Å². The highest BCUT2D eigenvalue weighted by Gasteiger charge is 2.27. The molecular weight excluding hydrogens is 412 g/mol. The summed E-state index contributed by atoms with van der Waals surface area (Å²) in [6, 6.07) is 16.3. The summed E-state index contributed by atoms with van der Waals surface area (Å²) in [4.78, 5) is 17.0. The zero-order chi connectivity index (χ0) is 23.5. The molecule has 0 aliphatic carbocycles. The molecule has 1 aliphatic rings. The van der Waals surface area contributed by atoms with Gasteiger partial charge in [-0.05, 0) is 81.1 Å². The number of ether oxygens (including phenoxy) is 1. The van der Waals surface area contributed by atoms with E-state index in [2.05, 4.69) is 47.1 Å². The molecule has 2 heterocycles. The third kappa shape index (κ3) is 5.00. The van der Waals surface area contributed by atoms with Gasteiger partial charge in [0.1, 0.15) is 5.75 Å². The summed E-state index contributed by atoms with van der Waals surface area (Å²) < 4.78 is 6.00. The highest BCUT2D eigenvalue weighted by atomic mass is 16.5. The van der Waals surface area contributed by atoms with Crippen molar-refractivity contribution < 1.29 is 9.53 Å². The standard InChI is InChI=1S/C27H32N4O2/c1-18-9-10-23(17-20(18)3)24-11-12-26(29-28-24)30-13-15-31(16-14-30)27(32)22(5)33-25-8-6-7-19(2)21(25)4/h6-12,17,22H,13-16H2,1-5H3. The maximum atomic E-state index is 12.9. The van der Waals surface area contributed by atoms with Gasteiger partial charge in [0.15, 0.2) is 11.9 Å². The van der Waals surface area contributed by atoms with E-state index in [1.54, 1.807) is 0 Å². The molecule has 2 aromatic carbocycles. The van der Waals surface area contributed by atoms with Crippen molar-refractivity contribution in [2.45, 2.75) is 40.7 Å². The third-order valence-electron chi connectivity index (χ3n) is 6.57. The molecule has 1 atom stereocenters. The minimum atomic E-state index is -0.519. The molecule has 1 unspecified atom stereocenters. The van der Waals surface area contributed by atoms with Crippen molar-refractivity contribution in [3.8, 4) is 17.0 Å². The van der Waals surface area contributed by atoms with E-state index in [4.69, 9.17) is 4.74 Å². The number of hydrogen-bond acceptors (Lipinski definition) is 5. The number of aromatic nitrogens is 2. The Morgan fingerprint density at radius 2 is 1.64 bits per heavy atom. The number of nitrogens with zero attached hydrogens (tertiary/aromatic N) is 4. The van der Waals surface area contributed by atoms with Crippen molar-refractivity contribution in [1.82, 2.24) is 15.1 Å². The summed E-state index contributed by atoms with van der Waals surface area (Å²) in [5.41, 5.74) is 6.69. The Bertz CT molecular complexity index is 1140. The van der Waals surface area contributed by atoms with E-state index >= 15 is 0 Å². The summed E-state index contributed by atoms with van der Waals surface area (Å²) in [5, 5.41) is 8.90. The fraction of sp³-hybridized carbons (Fsp3) is 0.370. The largest absolute Gasteiger partial charge is 0.481 e. The SMILES string of the molecule is Cc1ccc(-c2ccc(N3CCN(C(=O)C(C)Oc4cccc(C)c4C)CC3)nn2)cc1C. The summed E-state index contributed by atoms with van der Waals surface area (Å²) in [6.45, 7) is 12.8. The van der Waals surface area contributed by atoms with E-state index in [1.807, 2.05) is 56.0 Å². The van der Waals surface area contributed by atoms with E-state index < -0.39 is 6.10 Å². The van der Waals surface area contributed by atoms with Gasteiger partial charge in [0.2, 0.25) is 0 Å². The van der Waals surface area contributed by atoms with Crippen LogP contribution < -0.4 is 9.64 Å². The molecule has 33 heavy (non-hydrogen) atoms. The lowest BCUT2D eigenvalue weighted by Crippen LogP contribution is -2.52. The van der Waals surface area contributed by atoms with E-state index in [-0.39, 0.29) is 5.91 Å². The van der Waals surface area contributed by atoms with Crippen LogP contribution in [0.25, 0.3) is 11.3 Å². The first-order chi connectivity index (χ1) is 15.8. The van der Waals surface area contributed by atoms with E-state index in [9.17, 15) is 4.79 Å². The Morgan fingerprint density at radius 3 is 2.30 bits per heavy atom. The van der Waals surface area contributed by atoms with Crippen LogP contribution in [0.1, 0.15) is 29.2 Å². The van der Waals surface area contributed by atoms with Crippen molar-refractivity contribution in [2.75, 3.05) is 31.1 Å². The van der Waals surface area contributed by atoms with Crippen molar-refractivity contribution >= 4 is 11.7 Å². The van der Waals surface area contributed by atoms with Gasteiger partial charge in [-0.25, -0.2) is 0 Å². The molecule has 1 aromatic heterocycles. The number of rotatable bonds is 5. The highest BCUT2D eigenvalue weighted by Crippen LogP contribution is 2.24. The van der Waals surface area contributed by atoms with Gasteiger partial charge in [0, 0.05) is 31.7 Å². The smallest absolute Gasteiger partial charge is 0.263 e. The van der Waals surface area contributed by atoms with Crippen molar-refractivity contribution in [1.29, 1.82) is 0 Å². The molecular formula is C27H32N4O2. The lowest BCUT2D eigenvalue weighted by molar-refractivity contribution is -0.138. The van der Waals surface area contributed by atoms with Crippen LogP contribution in [0.4, 0.5) is 5.82 Å². The molecule has 4 rings (SSSR count). The molecule has 0 radical (unpaired) electrons. The lowest BCUT2D eigenvalue weighted by Gasteiger charge is -2.36. The molecule has 0 saturated carbocycles. The fourth-order valence-corrected chi connectivity index (χ4v) is 4.05. The number of benzene rings is 2. The number of aryl methyl sites for hydroxylation is 3. The monoisotopic (exact) mass is 444 g/mol. The molecule has 6 heteroatoms. The number of carbonyl (C=O) groups excluding carboxylic acids is 1. The average molecular weight is 445 g/mol. The van der Waals surface area contributed by atoms with Gasteiger partial charge in [-0.15, -0.1) is 10.2 Å². The van der Waals surface area contributed by atoms with Crippen molar-refractivity contribution in [2.24, 2.45) is 0 Å². The van der Waals surface area contributed by atoms with Gasteiger partial charge >= 0.3 is 0 Å². The van der Waals surface area contributed by atoms with Crippen LogP contribution >= 0.6 is 0 Å². The van der Waals surface area contributed by atoms with Gasteiger partial charge in [-0.1, -0.05) is 24.3 Å². The van der Waals surface area contributed by atoms with Crippen LogP contribution in [0.5, 0.6) is 5.75 Å². The Balaban J connectivity index is 1.34. The molecule has 172 valence electrons. The van der Waals surface area contributed by atoms with Crippen LogP contribution in [0.3, 0.4) is 0 Å². The normalized spacial score (nSPS) is 14.8. The Hall–Kier alpha value is -3.41. The van der Waals surface area contributed by atoms with E-state index in [0.717, 1.165) is 47.0 Å². The summed E-state index contributed by atoms with van der Waals surface area (Å²) in [6.07, 6.45) is -0.519. The second-order valence-corrected chi connectivity index (χ2v) is 8.85. The highest BCUT2D eigenvalue weighted by molar-refractivity contribution is 5.81. The molecule has 1 fully saturated rings. The van der Waals surface area contributed by atoms with Crippen LogP contribution in [-0.2, 0) is 4.79 Å². The second-order valence-electron chi connectivity index (χ2n) is 8.85. The minimum Gasteiger partial charge on any atom is -0.481 e. The average Bonchev–Trinajstić information content (AvgIpc) is 2.83. The predicted molar refractivity (Wildman–Crippen MR) is 132 cm³/mol. The van der Waals surface area contributed by atoms with Crippen molar-refractivity contribution in [3.05, 3.63) is 70.8 Å². The molecule has 3 aromatic rings. The van der Waals surface area contributed by atoms with Crippen LogP contribution in [0, 0.1) is 27.7 Å². The minimum absolute atomic E-state index is 0.0201. The van der Waals surface area contributed by atoms with Gasteiger partial charge in [0.05, 0.1) is 5.69 Å². The Kier molecular flexibility index (Phi) is 6.63. The summed E-state index contributed by atoms with van der Waals surface area (Å²) in [7, 11) is 0. The number of amides is 1. The van der Waals surface area contributed by atoms with Gasteiger partial charge in [0.25, 0.3) is 5.91 Å². The fourth-order valence-electron chi connectivity index (χ4n) is 4.05. The first-order valence-corrected chi connectivity index (χ1v) is 11.5. The molecule has 1 aliphatic heterocycles. The maximum Gasteiger partial charge on any atom is 0.263 e. The molecule has 0 N–H and O–H groups in total. The van der Waals surface area contributed by atoms with E-state index in [0.29, 0.717) is 13.1 Å². The topological polar surface area (TPSA) is 58.6 Å². The third-order valence-corrected chi connectivity index (χ3v) is 6.57. The zero-order valence-electron chi connectivity index (χ0n) is 20.1. The summed E-state index contributed by atoms with van der Waals surface area (Å²) in [5.74, 6) is 1.63. The zero-order valence-corrected chi connectivity index (χ0v) is 20.1. The number of hydrogen-bond donors (Lipinski definition) is 0. The lowest BCUT2D eigenvalue weighted by atomic mass is 10.0.